The normalized spacial score (nSPS) is 13.2. The summed E-state index contributed by atoms with van der Waals surface area (Å²) in [6.07, 6.45) is 7.41. The van der Waals surface area contributed by atoms with Gasteiger partial charge in [0.25, 0.3) is 0 Å². The minimum absolute atomic E-state index is 0.160. The Morgan fingerprint density at radius 2 is 2.19 bits per heavy atom. The smallest absolute Gasteiger partial charge is 0.359 e. The van der Waals surface area contributed by atoms with E-state index in [1.165, 1.54) is 0 Å². The summed E-state index contributed by atoms with van der Waals surface area (Å²) in [5, 5.41) is 0. The molecule has 3 heterocycles. The summed E-state index contributed by atoms with van der Waals surface area (Å²) in [6, 6.07) is 11.6. The predicted octanol–water partition coefficient (Wildman–Crippen LogP) is 3.73. The summed E-state index contributed by atoms with van der Waals surface area (Å²) in [7, 11) is 0. The van der Waals surface area contributed by atoms with Gasteiger partial charge in [0, 0.05) is 12.4 Å². The van der Waals surface area contributed by atoms with Crippen LogP contribution in [0.3, 0.4) is 0 Å². The van der Waals surface area contributed by atoms with Crippen LogP contribution in [-0.4, -0.2) is 26.6 Å². The van der Waals surface area contributed by atoms with Gasteiger partial charge in [0.05, 0.1) is 11.4 Å². The number of imidazole rings is 1. The number of carbonyl (C=O) groups excluding carboxylic acids is 1. The predicted molar refractivity (Wildman–Crippen MR) is 99.9 cm³/mol. The number of aryl methyl sites for hydroxylation is 1. The van der Waals surface area contributed by atoms with E-state index in [4.69, 9.17) is 9.47 Å². The minimum atomic E-state index is -0.398. The van der Waals surface area contributed by atoms with Crippen LogP contribution in [-0.2, 0) is 17.8 Å². The van der Waals surface area contributed by atoms with Crippen LogP contribution in [0.5, 0.6) is 5.75 Å². The lowest BCUT2D eigenvalue weighted by atomic mass is 10.1. The summed E-state index contributed by atoms with van der Waals surface area (Å²) >= 11 is 0. The maximum absolute atomic E-state index is 12.7. The van der Waals surface area contributed by atoms with Crippen LogP contribution in [0.4, 0.5) is 0 Å². The topological polar surface area (TPSA) is 66.2 Å². The lowest BCUT2D eigenvalue weighted by Gasteiger charge is -2.20. The zero-order valence-electron chi connectivity index (χ0n) is 15.2. The molecule has 27 heavy (non-hydrogen) atoms. The lowest BCUT2D eigenvalue weighted by Crippen LogP contribution is -2.21. The van der Waals surface area contributed by atoms with Crippen LogP contribution in [0.25, 0.3) is 5.69 Å². The number of hydrogen-bond donors (Lipinski definition) is 0. The molecule has 0 bridgehead atoms. The second-order valence-corrected chi connectivity index (χ2v) is 6.50. The molecule has 1 aromatic carbocycles. The van der Waals surface area contributed by atoms with Crippen molar-refractivity contribution in [1.82, 2.24) is 14.5 Å². The molecule has 1 aliphatic heterocycles. The number of esters is 1. The number of hydrogen-bond acceptors (Lipinski definition) is 5. The number of rotatable bonds is 6. The first kappa shape index (κ1) is 17.3. The van der Waals surface area contributed by atoms with Gasteiger partial charge < -0.3 is 9.47 Å². The second kappa shape index (κ2) is 7.61. The Bertz CT molecular complexity index is 937. The van der Waals surface area contributed by atoms with Crippen molar-refractivity contribution in [1.29, 1.82) is 0 Å². The SMILES string of the molecule is CCC(CCc1cccnc1)OC(=O)c1ncn2c1COc1ccccc1-2. The van der Waals surface area contributed by atoms with Crippen molar-refractivity contribution in [2.75, 3.05) is 0 Å². The van der Waals surface area contributed by atoms with Gasteiger partial charge in [-0.1, -0.05) is 25.1 Å². The third-order valence-electron chi connectivity index (χ3n) is 4.76. The molecule has 0 fully saturated rings. The summed E-state index contributed by atoms with van der Waals surface area (Å²) in [6.45, 7) is 2.32. The molecule has 3 aromatic rings. The van der Waals surface area contributed by atoms with E-state index in [2.05, 4.69) is 9.97 Å². The van der Waals surface area contributed by atoms with Gasteiger partial charge in [0.15, 0.2) is 5.69 Å². The molecule has 138 valence electrons. The van der Waals surface area contributed by atoms with E-state index < -0.39 is 5.97 Å². The van der Waals surface area contributed by atoms with Crippen LogP contribution in [0, 0.1) is 0 Å². The van der Waals surface area contributed by atoms with Crippen molar-refractivity contribution in [2.45, 2.75) is 38.9 Å². The average Bonchev–Trinajstić information content (AvgIpc) is 3.16. The monoisotopic (exact) mass is 363 g/mol. The number of ether oxygens (including phenoxy) is 2. The van der Waals surface area contributed by atoms with Gasteiger partial charge in [-0.2, -0.15) is 0 Å². The van der Waals surface area contributed by atoms with Gasteiger partial charge in [-0.3, -0.25) is 9.55 Å². The van der Waals surface area contributed by atoms with Gasteiger partial charge >= 0.3 is 5.97 Å². The van der Waals surface area contributed by atoms with Crippen molar-refractivity contribution in [3.8, 4) is 11.4 Å². The van der Waals surface area contributed by atoms with E-state index in [1.807, 2.05) is 54.1 Å². The van der Waals surface area contributed by atoms with Gasteiger partial charge in [0.2, 0.25) is 0 Å². The number of benzene rings is 1. The summed E-state index contributed by atoms with van der Waals surface area (Å²) in [5.74, 6) is 0.384. The van der Waals surface area contributed by atoms with Crippen molar-refractivity contribution in [3.63, 3.8) is 0 Å². The van der Waals surface area contributed by atoms with E-state index in [1.54, 1.807) is 12.5 Å². The molecule has 0 N–H and O–H groups in total. The van der Waals surface area contributed by atoms with Crippen molar-refractivity contribution >= 4 is 5.97 Å². The van der Waals surface area contributed by atoms with E-state index >= 15 is 0 Å². The molecule has 0 saturated carbocycles. The fraction of sp³-hybridized carbons (Fsp3) is 0.286. The molecule has 1 unspecified atom stereocenters. The third-order valence-corrected chi connectivity index (χ3v) is 4.76. The second-order valence-electron chi connectivity index (χ2n) is 6.50. The van der Waals surface area contributed by atoms with Crippen LogP contribution in [0.15, 0.2) is 55.1 Å². The number of carbonyl (C=O) groups is 1. The molecular weight excluding hydrogens is 342 g/mol. The minimum Gasteiger partial charge on any atom is -0.485 e. The molecule has 0 saturated heterocycles. The molecule has 0 aliphatic carbocycles. The molecule has 0 radical (unpaired) electrons. The van der Waals surface area contributed by atoms with Crippen molar-refractivity contribution < 1.29 is 14.3 Å². The number of para-hydroxylation sites is 2. The molecule has 2 aromatic heterocycles. The molecule has 6 heteroatoms. The summed E-state index contributed by atoms with van der Waals surface area (Å²) in [4.78, 5) is 21.1. The first-order valence-corrected chi connectivity index (χ1v) is 9.14. The highest BCUT2D eigenvalue weighted by Gasteiger charge is 2.26. The highest BCUT2D eigenvalue weighted by atomic mass is 16.5. The Hall–Kier alpha value is -3.15. The van der Waals surface area contributed by atoms with E-state index in [9.17, 15) is 4.79 Å². The van der Waals surface area contributed by atoms with Gasteiger partial charge in [-0.25, -0.2) is 9.78 Å². The zero-order valence-corrected chi connectivity index (χ0v) is 15.2. The fourth-order valence-corrected chi connectivity index (χ4v) is 3.24. The van der Waals surface area contributed by atoms with Gasteiger partial charge in [0.1, 0.15) is 24.8 Å². The quantitative estimate of drug-likeness (QED) is 0.624. The standard InChI is InChI=1S/C21H21N3O3/c1-2-16(10-9-15-6-5-11-22-12-15)27-21(25)20-18-13-26-19-8-4-3-7-17(19)24(18)14-23-20/h3-8,11-12,14,16H,2,9-10,13H2,1H3. The maximum atomic E-state index is 12.7. The number of fused-ring (bicyclic) bond motifs is 3. The Balaban J connectivity index is 1.46. The largest absolute Gasteiger partial charge is 0.485 e. The number of nitrogens with zero attached hydrogens (tertiary/aromatic N) is 3. The van der Waals surface area contributed by atoms with Gasteiger partial charge in [-0.05, 0) is 43.0 Å². The van der Waals surface area contributed by atoms with Crippen LogP contribution in [0.2, 0.25) is 0 Å². The Kier molecular flexibility index (Phi) is 4.87. The highest BCUT2D eigenvalue weighted by molar-refractivity contribution is 5.89. The maximum Gasteiger partial charge on any atom is 0.359 e. The highest BCUT2D eigenvalue weighted by Crippen LogP contribution is 2.30. The lowest BCUT2D eigenvalue weighted by molar-refractivity contribution is 0.0264. The molecule has 0 spiro atoms. The molecule has 1 aliphatic rings. The molecular formula is C21H21N3O3. The number of aromatic nitrogens is 3. The Labute approximate surface area is 157 Å². The van der Waals surface area contributed by atoms with Crippen LogP contribution in [0.1, 0.15) is 41.5 Å². The van der Waals surface area contributed by atoms with Crippen LogP contribution < -0.4 is 4.74 Å². The third kappa shape index (κ3) is 3.56. The molecule has 6 nitrogen and oxygen atoms in total. The Morgan fingerprint density at radius 3 is 3.00 bits per heavy atom. The first-order chi connectivity index (χ1) is 13.3. The van der Waals surface area contributed by atoms with E-state index in [0.29, 0.717) is 12.3 Å². The summed E-state index contributed by atoms with van der Waals surface area (Å²) in [5.41, 5.74) is 3.07. The van der Waals surface area contributed by atoms with E-state index in [-0.39, 0.29) is 6.10 Å². The van der Waals surface area contributed by atoms with E-state index in [0.717, 1.165) is 42.0 Å². The Morgan fingerprint density at radius 1 is 1.30 bits per heavy atom. The van der Waals surface area contributed by atoms with Gasteiger partial charge in [-0.15, -0.1) is 0 Å². The first-order valence-electron chi connectivity index (χ1n) is 9.14. The zero-order chi connectivity index (χ0) is 18.6. The number of pyridine rings is 1. The van der Waals surface area contributed by atoms with Crippen LogP contribution >= 0.6 is 0 Å². The fourth-order valence-electron chi connectivity index (χ4n) is 3.24. The average molecular weight is 363 g/mol. The molecule has 4 rings (SSSR count). The molecule has 1 atom stereocenters. The van der Waals surface area contributed by atoms with Crippen molar-refractivity contribution in [2.24, 2.45) is 0 Å². The summed E-state index contributed by atoms with van der Waals surface area (Å²) < 4.78 is 13.4. The molecule has 0 amide bonds. The van der Waals surface area contributed by atoms with Crippen molar-refractivity contribution in [3.05, 3.63) is 72.1 Å².